The molecule has 0 bridgehead atoms. The van der Waals surface area contributed by atoms with Gasteiger partial charge in [-0.1, -0.05) is 81.2 Å². The van der Waals surface area contributed by atoms with Crippen LogP contribution < -0.4 is 16.0 Å². The summed E-state index contributed by atoms with van der Waals surface area (Å²) in [6, 6.07) is 9.18. The lowest BCUT2D eigenvalue weighted by Gasteiger charge is -2.28. The highest BCUT2D eigenvalue weighted by molar-refractivity contribution is 7.80. The summed E-state index contributed by atoms with van der Waals surface area (Å²) in [5, 5.41) is 9.40. The molecule has 4 nitrogen and oxygen atoms in total. The van der Waals surface area contributed by atoms with Crippen LogP contribution in [-0.4, -0.2) is 21.0 Å². The van der Waals surface area contributed by atoms with Gasteiger partial charge in [-0.15, -0.1) is 0 Å². The molecule has 12 heteroatoms. The standard InChI is InChI=1S/C16H10Cl7N3OS/c17-7-1-3-9(11(19)5-7)13(27)25-14(16(21,22)23)26-15(28)24-8-2-4-10(18)12(20)6-8/h1-6,14H,(H,25,27)(H2,24,26,28)/t14-/m0/s1. The van der Waals surface area contributed by atoms with Crippen molar-refractivity contribution in [3.05, 3.63) is 62.1 Å². The summed E-state index contributed by atoms with van der Waals surface area (Å²) in [4.78, 5) is 12.5. The van der Waals surface area contributed by atoms with E-state index in [0.717, 1.165) is 0 Å². The molecule has 150 valence electrons. The van der Waals surface area contributed by atoms with Gasteiger partial charge in [0, 0.05) is 10.7 Å². The van der Waals surface area contributed by atoms with Crippen LogP contribution in [0, 0.1) is 0 Å². The topological polar surface area (TPSA) is 53.2 Å². The Morgan fingerprint density at radius 1 is 0.893 bits per heavy atom. The first-order valence-electron chi connectivity index (χ1n) is 7.32. The number of hydrogen-bond acceptors (Lipinski definition) is 2. The van der Waals surface area contributed by atoms with Crippen molar-refractivity contribution in [2.75, 3.05) is 5.32 Å². The Morgan fingerprint density at radius 2 is 1.57 bits per heavy atom. The highest BCUT2D eigenvalue weighted by Crippen LogP contribution is 2.30. The quantitative estimate of drug-likeness (QED) is 0.229. The van der Waals surface area contributed by atoms with Crippen molar-refractivity contribution in [2.24, 2.45) is 0 Å². The Kier molecular flexibility index (Phi) is 8.62. The van der Waals surface area contributed by atoms with Crippen LogP contribution in [0.25, 0.3) is 0 Å². The first kappa shape index (κ1) is 23.9. The van der Waals surface area contributed by atoms with E-state index in [-0.39, 0.29) is 15.7 Å². The molecule has 1 atom stereocenters. The highest BCUT2D eigenvalue weighted by atomic mass is 35.6. The first-order chi connectivity index (χ1) is 13.0. The molecule has 0 saturated heterocycles. The minimum absolute atomic E-state index is 0.0669. The summed E-state index contributed by atoms with van der Waals surface area (Å²) >= 11 is 46.8. The fourth-order valence-corrected chi connectivity index (χ4v) is 3.31. The van der Waals surface area contributed by atoms with Crippen molar-refractivity contribution in [1.82, 2.24) is 10.6 Å². The molecule has 2 aromatic carbocycles. The number of thiocarbonyl (C=S) groups is 1. The Morgan fingerprint density at radius 3 is 2.14 bits per heavy atom. The van der Waals surface area contributed by atoms with Gasteiger partial charge < -0.3 is 16.0 Å². The van der Waals surface area contributed by atoms with Crippen molar-refractivity contribution in [3.63, 3.8) is 0 Å². The van der Waals surface area contributed by atoms with Crippen molar-refractivity contribution in [3.8, 4) is 0 Å². The lowest BCUT2D eigenvalue weighted by molar-refractivity contribution is 0.0934. The smallest absolute Gasteiger partial charge is 0.254 e. The minimum atomic E-state index is -1.93. The molecule has 0 aliphatic carbocycles. The molecule has 28 heavy (non-hydrogen) atoms. The second kappa shape index (κ2) is 10.1. The Bertz CT molecular complexity index is 904. The number of benzene rings is 2. The molecule has 0 aliphatic rings. The van der Waals surface area contributed by atoms with Gasteiger partial charge in [0.05, 0.1) is 20.6 Å². The van der Waals surface area contributed by atoms with Crippen molar-refractivity contribution < 1.29 is 4.79 Å². The van der Waals surface area contributed by atoms with Gasteiger partial charge in [-0.05, 0) is 48.6 Å². The van der Waals surface area contributed by atoms with Crippen LogP contribution >= 0.6 is 93.4 Å². The monoisotopic (exact) mass is 537 g/mol. The van der Waals surface area contributed by atoms with Gasteiger partial charge in [-0.3, -0.25) is 4.79 Å². The molecular weight excluding hydrogens is 530 g/mol. The number of carbonyl (C=O) groups is 1. The third kappa shape index (κ3) is 6.85. The van der Waals surface area contributed by atoms with E-state index in [1.54, 1.807) is 18.2 Å². The fraction of sp³-hybridized carbons (Fsp3) is 0.125. The number of rotatable bonds is 4. The number of anilines is 1. The summed E-state index contributed by atoms with van der Waals surface area (Å²) in [6.07, 6.45) is -1.18. The number of carbonyl (C=O) groups excluding carboxylic acids is 1. The second-order valence-electron chi connectivity index (χ2n) is 5.30. The van der Waals surface area contributed by atoms with Gasteiger partial charge in [-0.2, -0.15) is 0 Å². The maximum absolute atomic E-state index is 12.5. The van der Waals surface area contributed by atoms with Crippen LogP contribution in [-0.2, 0) is 0 Å². The van der Waals surface area contributed by atoms with Gasteiger partial charge in [0.2, 0.25) is 3.79 Å². The predicted octanol–water partition coefficient (Wildman–Crippen LogP) is 6.71. The molecule has 2 rings (SSSR count). The average molecular weight is 541 g/mol. The van der Waals surface area contributed by atoms with Gasteiger partial charge in [0.1, 0.15) is 6.17 Å². The van der Waals surface area contributed by atoms with E-state index >= 15 is 0 Å². The van der Waals surface area contributed by atoms with Crippen LogP contribution in [0.15, 0.2) is 36.4 Å². The summed E-state index contributed by atoms with van der Waals surface area (Å²) in [6.45, 7) is 0. The van der Waals surface area contributed by atoms with Gasteiger partial charge in [-0.25, -0.2) is 0 Å². The first-order valence-corrected chi connectivity index (χ1v) is 10.4. The van der Waals surface area contributed by atoms with Crippen LogP contribution in [0.4, 0.5) is 5.69 Å². The van der Waals surface area contributed by atoms with E-state index in [0.29, 0.717) is 20.8 Å². The summed E-state index contributed by atoms with van der Waals surface area (Å²) in [5.74, 6) is -0.595. The van der Waals surface area contributed by atoms with E-state index in [1.807, 2.05) is 0 Å². The maximum atomic E-state index is 12.5. The largest absolute Gasteiger partial charge is 0.339 e. The molecule has 0 fully saturated rings. The average Bonchev–Trinajstić information content (AvgIpc) is 2.56. The summed E-state index contributed by atoms with van der Waals surface area (Å²) in [7, 11) is 0. The molecule has 0 heterocycles. The van der Waals surface area contributed by atoms with Gasteiger partial charge >= 0.3 is 0 Å². The van der Waals surface area contributed by atoms with Gasteiger partial charge in [0.25, 0.3) is 5.91 Å². The Labute approximate surface area is 201 Å². The molecule has 0 saturated carbocycles. The lowest BCUT2D eigenvalue weighted by atomic mass is 10.2. The number of amides is 1. The van der Waals surface area contributed by atoms with Crippen LogP contribution in [0.5, 0.6) is 0 Å². The molecule has 0 aliphatic heterocycles. The molecule has 0 radical (unpaired) electrons. The molecule has 0 unspecified atom stereocenters. The number of nitrogens with one attached hydrogen (secondary N) is 3. The number of halogens is 7. The van der Waals surface area contributed by atoms with E-state index in [4.69, 9.17) is 93.4 Å². The summed E-state index contributed by atoms with van der Waals surface area (Å²) < 4.78 is -1.93. The Balaban J connectivity index is 2.11. The van der Waals surface area contributed by atoms with Crippen LogP contribution in [0.2, 0.25) is 20.1 Å². The zero-order chi connectivity index (χ0) is 21.1. The van der Waals surface area contributed by atoms with E-state index in [1.165, 1.54) is 18.2 Å². The van der Waals surface area contributed by atoms with Crippen molar-refractivity contribution in [1.29, 1.82) is 0 Å². The van der Waals surface area contributed by atoms with E-state index in [2.05, 4.69) is 16.0 Å². The molecule has 0 aromatic heterocycles. The molecular formula is C16H10Cl7N3OS. The Hall–Kier alpha value is -0.370. The third-order valence-corrected chi connectivity index (χ3v) is 5.39. The fourth-order valence-electron chi connectivity index (χ4n) is 1.95. The van der Waals surface area contributed by atoms with Crippen molar-refractivity contribution in [2.45, 2.75) is 9.96 Å². The van der Waals surface area contributed by atoms with E-state index < -0.39 is 15.9 Å². The van der Waals surface area contributed by atoms with Crippen LogP contribution in [0.1, 0.15) is 10.4 Å². The van der Waals surface area contributed by atoms with E-state index in [9.17, 15) is 4.79 Å². The highest BCUT2D eigenvalue weighted by Gasteiger charge is 2.35. The maximum Gasteiger partial charge on any atom is 0.254 e. The zero-order valence-corrected chi connectivity index (χ0v) is 19.6. The SMILES string of the molecule is O=C(N[C@@H](NC(=S)Nc1ccc(Cl)c(Cl)c1)C(Cl)(Cl)Cl)c1ccc(Cl)cc1Cl. The minimum Gasteiger partial charge on any atom is -0.339 e. The lowest BCUT2D eigenvalue weighted by Crippen LogP contribution is -2.56. The number of hydrogen-bond donors (Lipinski definition) is 3. The molecule has 0 spiro atoms. The van der Waals surface area contributed by atoms with Crippen LogP contribution in [0.3, 0.4) is 0 Å². The molecule has 2 aromatic rings. The predicted molar refractivity (Wildman–Crippen MR) is 124 cm³/mol. The zero-order valence-electron chi connectivity index (χ0n) is 13.5. The third-order valence-electron chi connectivity index (χ3n) is 3.23. The number of alkyl halides is 3. The molecule has 1 amide bonds. The van der Waals surface area contributed by atoms with Gasteiger partial charge in [0.15, 0.2) is 5.11 Å². The molecule has 3 N–H and O–H groups in total. The second-order valence-corrected chi connectivity index (χ2v) is 9.73. The normalized spacial score (nSPS) is 12.2. The summed E-state index contributed by atoms with van der Waals surface area (Å²) in [5.41, 5.74) is 0.692. The van der Waals surface area contributed by atoms with Crippen molar-refractivity contribution >= 4 is 110 Å².